The van der Waals surface area contributed by atoms with Crippen LogP contribution >= 0.6 is 0 Å². The van der Waals surface area contributed by atoms with E-state index in [9.17, 15) is 4.79 Å². The first-order valence-corrected chi connectivity index (χ1v) is 9.36. The SMILES string of the molecule is CC(CC1COCCN1)NCC1CCCN(C(=O)OC(C)(C)C)C1. The van der Waals surface area contributed by atoms with E-state index in [-0.39, 0.29) is 6.09 Å². The van der Waals surface area contributed by atoms with Gasteiger partial charge in [0, 0.05) is 31.7 Å². The number of nitrogens with one attached hydrogen (secondary N) is 2. The molecule has 0 aliphatic carbocycles. The molecule has 0 bridgehead atoms. The molecule has 2 aliphatic heterocycles. The average molecular weight is 341 g/mol. The van der Waals surface area contributed by atoms with Crippen molar-refractivity contribution in [2.24, 2.45) is 5.92 Å². The molecule has 140 valence electrons. The lowest BCUT2D eigenvalue weighted by atomic mass is 9.97. The van der Waals surface area contributed by atoms with Crippen LogP contribution < -0.4 is 10.6 Å². The van der Waals surface area contributed by atoms with Gasteiger partial charge in [0.2, 0.25) is 0 Å². The van der Waals surface area contributed by atoms with Crippen LogP contribution in [0.3, 0.4) is 0 Å². The van der Waals surface area contributed by atoms with Crippen molar-refractivity contribution >= 4 is 6.09 Å². The van der Waals surface area contributed by atoms with Gasteiger partial charge in [-0.15, -0.1) is 0 Å². The number of carbonyl (C=O) groups is 1. The molecule has 2 rings (SSSR count). The van der Waals surface area contributed by atoms with E-state index in [1.807, 2.05) is 25.7 Å². The van der Waals surface area contributed by atoms with Gasteiger partial charge >= 0.3 is 6.09 Å². The molecule has 0 aromatic rings. The van der Waals surface area contributed by atoms with E-state index >= 15 is 0 Å². The van der Waals surface area contributed by atoms with Gasteiger partial charge in [0.15, 0.2) is 0 Å². The molecule has 24 heavy (non-hydrogen) atoms. The summed E-state index contributed by atoms with van der Waals surface area (Å²) < 4.78 is 11.0. The molecule has 2 N–H and O–H groups in total. The molecule has 3 unspecified atom stereocenters. The smallest absolute Gasteiger partial charge is 0.410 e. The minimum Gasteiger partial charge on any atom is -0.444 e. The van der Waals surface area contributed by atoms with Crippen LogP contribution in [0, 0.1) is 5.92 Å². The lowest BCUT2D eigenvalue weighted by Gasteiger charge is -2.35. The van der Waals surface area contributed by atoms with Crippen LogP contribution in [-0.4, -0.2) is 68.1 Å². The number of piperidine rings is 1. The summed E-state index contributed by atoms with van der Waals surface area (Å²) in [6.45, 7) is 13.1. The van der Waals surface area contributed by atoms with Gasteiger partial charge in [-0.3, -0.25) is 0 Å². The van der Waals surface area contributed by atoms with E-state index in [0.717, 1.165) is 52.2 Å². The zero-order valence-electron chi connectivity index (χ0n) is 15.8. The molecule has 2 fully saturated rings. The van der Waals surface area contributed by atoms with Crippen LogP contribution in [0.5, 0.6) is 0 Å². The summed E-state index contributed by atoms with van der Waals surface area (Å²) in [7, 11) is 0. The highest BCUT2D eigenvalue weighted by atomic mass is 16.6. The molecular formula is C18H35N3O3. The molecular weight excluding hydrogens is 306 g/mol. The Morgan fingerprint density at radius 2 is 2.25 bits per heavy atom. The topological polar surface area (TPSA) is 62.8 Å². The third-order valence-electron chi connectivity index (χ3n) is 4.56. The summed E-state index contributed by atoms with van der Waals surface area (Å²) in [5.74, 6) is 0.504. The second kappa shape index (κ2) is 9.02. The van der Waals surface area contributed by atoms with E-state index in [0.29, 0.717) is 18.0 Å². The van der Waals surface area contributed by atoms with Crippen molar-refractivity contribution in [3.05, 3.63) is 0 Å². The molecule has 0 spiro atoms. The number of likely N-dealkylation sites (tertiary alicyclic amines) is 1. The van der Waals surface area contributed by atoms with E-state index in [2.05, 4.69) is 17.6 Å². The maximum atomic E-state index is 12.2. The lowest BCUT2D eigenvalue weighted by molar-refractivity contribution is 0.0164. The standard InChI is InChI=1S/C18H35N3O3/c1-14(10-16-13-23-9-7-19-16)20-11-15-6-5-8-21(12-15)17(22)24-18(2,3)4/h14-16,19-20H,5-13H2,1-4H3. The number of hydrogen-bond donors (Lipinski definition) is 2. The molecule has 0 saturated carbocycles. The molecule has 2 saturated heterocycles. The second-order valence-corrected chi connectivity index (χ2v) is 8.21. The highest BCUT2D eigenvalue weighted by Gasteiger charge is 2.27. The summed E-state index contributed by atoms with van der Waals surface area (Å²) >= 11 is 0. The Morgan fingerprint density at radius 3 is 2.92 bits per heavy atom. The molecule has 0 radical (unpaired) electrons. The van der Waals surface area contributed by atoms with Gasteiger partial charge in [-0.05, 0) is 59.4 Å². The van der Waals surface area contributed by atoms with Crippen molar-refractivity contribution in [1.82, 2.24) is 15.5 Å². The molecule has 0 aromatic carbocycles. The Hall–Kier alpha value is -0.850. The summed E-state index contributed by atoms with van der Waals surface area (Å²) in [6.07, 6.45) is 3.12. The Bertz CT molecular complexity index is 391. The zero-order valence-corrected chi connectivity index (χ0v) is 15.8. The molecule has 1 amide bonds. The van der Waals surface area contributed by atoms with Crippen LogP contribution in [0.15, 0.2) is 0 Å². The number of morpholine rings is 1. The van der Waals surface area contributed by atoms with Crippen molar-refractivity contribution in [2.45, 2.75) is 64.6 Å². The van der Waals surface area contributed by atoms with Gasteiger partial charge in [0.25, 0.3) is 0 Å². The Morgan fingerprint density at radius 1 is 1.46 bits per heavy atom. The predicted octanol–water partition coefficient (Wildman–Crippen LogP) is 1.99. The minimum atomic E-state index is -0.425. The number of carbonyl (C=O) groups excluding carboxylic acids is 1. The third-order valence-corrected chi connectivity index (χ3v) is 4.56. The normalized spacial score (nSPS) is 26.9. The fraction of sp³-hybridized carbons (Fsp3) is 0.944. The van der Waals surface area contributed by atoms with Gasteiger partial charge in [-0.25, -0.2) is 4.79 Å². The lowest BCUT2D eigenvalue weighted by Crippen LogP contribution is -2.48. The van der Waals surface area contributed by atoms with Crippen molar-refractivity contribution < 1.29 is 14.3 Å². The number of hydrogen-bond acceptors (Lipinski definition) is 5. The molecule has 3 atom stereocenters. The van der Waals surface area contributed by atoms with E-state index < -0.39 is 5.60 Å². The molecule has 6 heteroatoms. The molecule has 2 aliphatic rings. The highest BCUT2D eigenvalue weighted by Crippen LogP contribution is 2.19. The van der Waals surface area contributed by atoms with Crippen molar-refractivity contribution in [1.29, 1.82) is 0 Å². The van der Waals surface area contributed by atoms with E-state index in [1.54, 1.807) is 0 Å². The van der Waals surface area contributed by atoms with Gasteiger partial charge in [-0.1, -0.05) is 0 Å². The maximum absolute atomic E-state index is 12.2. The first-order chi connectivity index (χ1) is 11.3. The Labute approximate surface area is 146 Å². The Kier molecular flexibility index (Phi) is 7.32. The molecule has 2 heterocycles. The van der Waals surface area contributed by atoms with Gasteiger partial charge < -0.3 is 25.0 Å². The number of nitrogens with zero attached hydrogens (tertiary/aromatic N) is 1. The van der Waals surface area contributed by atoms with Crippen molar-refractivity contribution in [3.63, 3.8) is 0 Å². The first-order valence-electron chi connectivity index (χ1n) is 9.36. The van der Waals surface area contributed by atoms with E-state index in [4.69, 9.17) is 9.47 Å². The van der Waals surface area contributed by atoms with Crippen molar-refractivity contribution in [3.8, 4) is 0 Å². The van der Waals surface area contributed by atoms with Crippen LogP contribution in [0.1, 0.15) is 47.0 Å². The van der Waals surface area contributed by atoms with Crippen LogP contribution in [0.4, 0.5) is 4.79 Å². The fourth-order valence-electron chi connectivity index (χ4n) is 3.37. The number of amides is 1. The zero-order chi connectivity index (χ0) is 17.6. The fourth-order valence-corrected chi connectivity index (χ4v) is 3.37. The first kappa shape index (κ1) is 19.5. The average Bonchev–Trinajstić information content (AvgIpc) is 2.53. The van der Waals surface area contributed by atoms with Gasteiger partial charge in [-0.2, -0.15) is 0 Å². The van der Waals surface area contributed by atoms with Crippen molar-refractivity contribution in [2.75, 3.05) is 39.4 Å². The quantitative estimate of drug-likeness (QED) is 0.801. The molecule has 6 nitrogen and oxygen atoms in total. The summed E-state index contributed by atoms with van der Waals surface area (Å²) in [4.78, 5) is 14.1. The predicted molar refractivity (Wildman–Crippen MR) is 95.2 cm³/mol. The largest absolute Gasteiger partial charge is 0.444 e. The maximum Gasteiger partial charge on any atom is 0.410 e. The highest BCUT2D eigenvalue weighted by molar-refractivity contribution is 5.68. The van der Waals surface area contributed by atoms with Crippen LogP contribution in [-0.2, 0) is 9.47 Å². The summed E-state index contributed by atoms with van der Waals surface area (Å²) in [5.41, 5.74) is -0.425. The second-order valence-electron chi connectivity index (χ2n) is 8.21. The Balaban J connectivity index is 1.69. The van der Waals surface area contributed by atoms with Crippen LogP contribution in [0.25, 0.3) is 0 Å². The monoisotopic (exact) mass is 341 g/mol. The minimum absolute atomic E-state index is 0.177. The number of ether oxygens (including phenoxy) is 2. The van der Waals surface area contributed by atoms with Crippen LogP contribution in [0.2, 0.25) is 0 Å². The third kappa shape index (κ3) is 6.95. The van der Waals surface area contributed by atoms with E-state index in [1.165, 1.54) is 6.42 Å². The van der Waals surface area contributed by atoms with Gasteiger partial charge in [0.05, 0.1) is 13.2 Å². The number of rotatable bonds is 5. The summed E-state index contributed by atoms with van der Waals surface area (Å²) in [6, 6.07) is 0.895. The summed E-state index contributed by atoms with van der Waals surface area (Å²) in [5, 5.41) is 7.13. The van der Waals surface area contributed by atoms with Gasteiger partial charge in [0.1, 0.15) is 5.60 Å². The molecule has 0 aromatic heterocycles.